The molecule has 0 bridgehead atoms. The van der Waals surface area contributed by atoms with Crippen LogP contribution in [-0.4, -0.2) is 55.9 Å². The van der Waals surface area contributed by atoms with Crippen molar-refractivity contribution in [3.05, 3.63) is 120 Å². The highest BCUT2D eigenvalue weighted by Crippen LogP contribution is 2.40. The number of fused-ring (bicyclic) bond motifs is 1. The molecule has 0 aliphatic carbocycles. The van der Waals surface area contributed by atoms with E-state index in [-0.39, 0.29) is 13.4 Å². The Morgan fingerprint density at radius 2 is 1.40 bits per heavy atom. The minimum absolute atomic E-state index is 0. The van der Waals surface area contributed by atoms with Gasteiger partial charge in [0.2, 0.25) is 11.9 Å². The van der Waals surface area contributed by atoms with Crippen LogP contribution in [0.15, 0.2) is 114 Å². The van der Waals surface area contributed by atoms with Gasteiger partial charge in [-0.05, 0) is 68.4 Å². The second-order valence-corrected chi connectivity index (χ2v) is 11.5. The molecule has 1 aliphatic heterocycles. The fourth-order valence-corrected chi connectivity index (χ4v) is 5.62. The summed E-state index contributed by atoms with van der Waals surface area (Å²) in [5, 5.41) is 3.16. The quantitative estimate of drug-likeness (QED) is 0.178. The summed E-state index contributed by atoms with van der Waals surface area (Å²) in [4.78, 5) is 25.4. The van der Waals surface area contributed by atoms with Crippen molar-refractivity contribution in [2.75, 3.05) is 39.1 Å². The fourth-order valence-electron chi connectivity index (χ4n) is 5.62. The molecule has 0 aromatic heterocycles. The van der Waals surface area contributed by atoms with Crippen molar-refractivity contribution < 1.29 is 6.22 Å². The zero-order chi connectivity index (χ0) is 30.0. The number of aliphatic imine (C=N–C) groups is 1. The lowest BCUT2D eigenvalue weighted by Crippen LogP contribution is -2.47. The SMILES string of the molecule is CN(C)CCCCCN(C)C1=Nc2ccccc2C(CC(=O)NCc2ccccc2)N1c1ccc(-c2ccccc2)cc1.[HH]. The summed E-state index contributed by atoms with van der Waals surface area (Å²) in [5.41, 5.74) is 6.44. The Balaban J connectivity index is 0.00000442. The van der Waals surface area contributed by atoms with Crippen LogP contribution < -0.4 is 10.2 Å². The molecule has 0 spiro atoms. The van der Waals surface area contributed by atoms with Gasteiger partial charge in [0, 0.05) is 32.8 Å². The lowest BCUT2D eigenvalue weighted by Gasteiger charge is -2.41. The van der Waals surface area contributed by atoms with Crippen molar-refractivity contribution in [3.63, 3.8) is 0 Å². The second kappa shape index (κ2) is 14.7. The Morgan fingerprint density at radius 3 is 2.12 bits per heavy atom. The highest BCUT2D eigenvalue weighted by atomic mass is 16.1. The van der Waals surface area contributed by atoms with E-state index in [4.69, 9.17) is 4.99 Å². The summed E-state index contributed by atoms with van der Waals surface area (Å²) in [6.07, 6.45) is 3.72. The van der Waals surface area contributed by atoms with Crippen LogP contribution in [0.25, 0.3) is 11.1 Å². The van der Waals surface area contributed by atoms with Gasteiger partial charge in [0.05, 0.1) is 18.2 Å². The number of unbranched alkanes of at least 4 members (excludes halogenated alkanes) is 2. The second-order valence-electron chi connectivity index (χ2n) is 11.5. The van der Waals surface area contributed by atoms with Crippen LogP contribution in [0.1, 0.15) is 44.3 Å². The molecule has 1 unspecified atom stereocenters. The summed E-state index contributed by atoms with van der Waals surface area (Å²) in [5.74, 6) is 0.891. The molecule has 4 aromatic carbocycles. The van der Waals surface area contributed by atoms with E-state index >= 15 is 0 Å². The first-order valence-corrected chi connectivity index (χ1v) is 15.3. The number of hydrogen-bond donors (Lipinski definition) is 1. The number of nitrogens with one attached hydrogen (secondary N) is 1. The fraction of sp³-hybridized carbons (Fsp3) is 0.297. The van der Waals surface area contributed by atoms with Crippen molar-refractivity contribution in [2.45, 2.75) is 38.3 Å². The van der Waals surface area contributed by atoms with E-state index in [0.717, 1.165) is 60.0 Å². The Morgan fingerprint density at radius 1 is 0.767 bits per heavy atom. The Labute approximate surface area is 258 Å². The molecule has 1 amide bonds. The molecule has 43 heavy (non-hydrogen) atoms. The first-order chi connectivity index (χ1) is 21.0. The monoisotopic (exact) mass is 575 g/mol. The number of amides is 1. The van der Waals surface area contributed by atoms with Crippen LogP contribution in [0, 0.1) is 0 Å². The van der Waals surface area contributed by atoms with Gasteiger partial charge in [-0.2, -0.15) is 0 Å². The molecule has 0 saturated carbocycles. The van der Waals surface area contributed by atoms with Gasteiger partial charge in [0.1, 0.15) is 0 Å². The zero-order valence-electron chi connectivity index (χ0n) is 25.6. The number of nitrogens with zero attached hydrogens (tertiary/aromatic N) is 4. The Hall–Kier alpha value is -4.42. The molecule has 0 radical (unpaired) electrons. The van der Waals surface area contributed by atoms with Crippen LogP contribution in [-0.2, 0) is 11.3 Å². The van der Waals surface area contributed by atoms with Crippen LogP contribution in [0.2, 0.25) is 0 Å². The zero-order valence-corrected chi connectivity index (χ0v) is 25.6. The topological polar surface area (TPSA) is 51.2 Å². The van der Waals surface area contributed by atoms with E-state index in [9.17, 15) is 4.79 Å². The predicted octanol–water partition coefficient (Wildman–Crippen LogP) is 7.52. The van der Waals surface area contributed by atoms with Gasteiger partial charge in [0.25, 0.3) is 0 Å². The van der Waals surface area contributed by atoms with Crippen molar-refractivity contribution in [1.82, 2.24) is 15.1 Å². The third-order valence-corrected chi connectivity index (χ3v) is 7.95. The van der Waals surface area contributed by atoms with Gasteiger partial charge in [-0.1, -0.05) is 97.4 Å². The van der Waals surface area contributed by atoms with E-state index < -0.39 is 0 Å². The normalized spacial score (nSPS) is 14.3. The lowest BCUT2D eigenvalue weighted by molar-refractivity contribution is -0.121. The molecule has 1 heterocycles. The summed E-state index contributed by atoms with van der Waals surface area (Å²) < 4.78 is 0. The molecule has 0 saturated heterocycles. The maximum atomic E-state index is 13.5. The minimum Gasteiger partial charge on any atom is -0.352 e. The Kier molecular flexibility index (Phi) is 10.2. The Bertz CT molecular complexity index is 1490. The van der Waals surface area contributed by atoms with E-state index in [1.165, 1.54) is 12.0 Å². The van der Waals surface area contributed by atoms with E-state index in [2.05, 4.69) is 102 Å². The molecule has 4 aromatic rings. The number of guanidine groups is 1. The summed E-state index contributed by atoms with van der Waals surface area (Å²) in [7, 11) is 6.37. The number of carbonyl (C=O) groups excluding carboxylic acids is 1. The molecule has 1 N–H and O–H groups in total. The summed E-state index contributed by atoms with van der Waals surface area (Å²) in [6, 6.07) is 37.2. The van der Waals surface area contributed by atoms with Gasteiger partial charge >= 0.3 is 0 Å². The van der Waals surface area contributed by atoms with Crippen LogP contribution in [0.5, 0.6) is 0 Å². The van der Waals surface area contributed by atoms with Gasteiger partial charge in [-0.25, -0.2) is 4.99 Å². The largest absolute Gasteiger partial charge is 0.352 e. The van der Waals surface area contributed by atoms with Gasteiger partial charge < -0.3 is 20.0 Å². The van der Waals surface area contributed by atoms with E-state index in [0.29, 0.717) is 13.0 Å². The minimum atomic E-state index is -0.196. The third-order valence-electron chi connectivity index (χ3n) is 7.95. The maximum Gasteiger partial charge on any atom is 0.222 e. The van der Waals surface area contributed by atoms with Crippen LogP contribution in [0.3, 0.4) is 0 Å². The predicted molar refractivity (Wildman–Crippen MR) is 181 cm³/mol. The number of hydrogen-bond acceptors (Lipinski definition) is 5. The van der Waals surface area contributed by atoms with E-state index in [1.807, 2.05) is 48.5 Å². The van der Waals surface area contributed by atoms with Gasteiger partial charge in [-0.15, -0.1) is 0 Å². The highest BCUT2D eigenvalue weighted by molar-refractivity contribution is 6.01. The van der Waals surface area contributed by atoms with Crippen molar-refractivity contribution in [2.24, 2.45) is 4.99 Å². The van der Waals surface area contributed by atoms with Crippen molar-refractivity contribution in [3.8, 4) is 11.1 Å². The molecule has 5 rings (SSSR count). The van der Waals surface area contributed by atoms with Crippen LogP contribution in [0.4, 0.5) is 11.4 Å². The van der Waals surface area contributed by atoms with E-state index in [1.54, 1.807) is 0 Å². The first kappa shape index (κ1) is 30.1. The maximum absolute atomic E-state index is 13.5. The molecule has 0 fully saturated rings. The van der Waals surface area contributed by atoms with Gasteiger partial charge in [0.15, 0.2) is 0 Å². The third kappa shape index (κ3) is 7.90. The highest BCUT2D eigenvalue weighted by Gasteiger charge is 2.34. The standard InChI is InChI=1S/C37H43N5O.H2/c1-40(2)25-13-6-14-26-41(3)37-39-34-20-12-11-19-33(34)35(27-36(43)38-28-29-15-7-4-8-16-29)42(37)32-23-21-31(22-24-32)30-17-9-5-10-18-30;/h4-5,7-12,15-24,35H,6,13-14,25-28H2,1-3H3,(H,38,43);1H. The summed E-state index contributed by atoms with van der Waals surface area (Å²) >= 11 is 0. The smallest absolute Gasteiger partial charge is 0.222 e. The summed E-state index contributed by atoms with van der Waals surface area (Å²) in [6.45, 7) is 2.49. The van der Waals surface area contributed by atoms with Crippen molar-refractivity contribution in [1.29, 1.82) is 0 Å². The number of rotatable bonds is 12. The number of anilines is 1. The molecule has 6 heteroatoms. The van der Waals surface area contributed by atoms with Crippen LogP contribution >= 0.6 is 0 Å². The molecular weight excluding hydrogens is 530 g/mol. The molecule has 1 aliphatic rings. The first-order valence-electron chi connectivity index (χ1n) is 15.3. The number of para-hydroxylation sites is 1. The molecule has 6 nitrogen and oxygen atoms in total. The number of benzene rings is 4. The lowest BCUT2D eigenvalue weighted by atomic mass is 9.96. The molecular formula is C37H45N5O. The van der Waals surface area contributed by atoms with Gasteiger partial charge in [-0.3, -0.25) is 4.79 Å². The molecule has 224 valence electrons. The average Bonchev–Trinajstić information content (AvgIpc) is 3.04. The number of carbonyl (C=O) groups is 1. The molecule has 1 atom stereocenters. The van der Waals surface area contributed by atoms with Crippen molar-refractivity contribution >= 4 is 23.2 Å². The average molecular weight is 576 g/mol.